The Bertz CT molecular complexity index is 280. The van der Waals surface area contributed by atoms with Gasteiger partial charge in [0.05, 0.1) is 5.60 Å². The molecule has 0 aromatic carbocycles. The van der Waals surface area contributed by atoms with Crippen molar-refractivity contribution < 1.29 is 5.11 Å². The Morgan fingerprint density at radius 3 is 2.47 bits per heavy atom. The van der Waals surface area contributed by atoms with Crippen molar-refractivity contribution >= 4 is 0 Å². The van der Waals surface area contributed by atoms with Gasteiger partial charge in [-0.15, -0.1) is 0 Å². The van der Waals surface area contributed by atoms with Gasteiger partial charge in [0.25, 0.3) is 0 Å². The van der Waals surface area contributed by atoms with E-state index in [2.05, 4.69) is 31.1 Å². The van der Waals surface area contributed by atoms with E-state index in [0.717, 1.165) is 32.2 Å². The first kappa shape index (κ1) is 15.3. The minimum absolute atomic E-state index is 0.428. The van der Waals surface area contributed by atoms with Gasteiger partial charge in [-0.05, 0) is 70.5 Å². The standard InChI is InChI=1S/C16H32N2O/c1-15(2)7-9-16(19,10-8-15)13-17-14-5-4-11-18(3)12-6-14/h14,17,19H,4-13H2,1-3H3. The summed E-state index contributed by atoms with van der Waals surface area (Å²) in [7, 11) is 2.21. The van der Waals surface area contributed by atoms with Gasteiger partial charge in [-0.2, -0.15) is 0 Å². The second kappa shape index (κ2) is 6.11. The number of hydrogen-bond donors (Lipinski definition) is 2. The summed E-state index contributed by atoms with van der Waals surface area (Å²) in [5.41, 5.74) is -0.0228. The maximum absolute atomic E-state index is 10.7. The van der Waals surface area contributed by atoms with Gasteiger partial charge < -0.3 is 15.3 Å². The Labute approximate surface area is 118 Å². The molecule has 0 radical (unpaired) electrons. The van der Waals surface area contributed by atoms with Crippen molar-refractivity contribution in [3.63, 3.8) is 0 Å². The molecule has 1 heterocycles. The highest BCUT2D eigenvalue weighted by molar-refractivity contribution is 4.91. The van der Waals surface area contributed by atoms with Gasteiger partial charge in [-0.3, -0.25) is 0 Å². The van der Waals surface area contributed by atoms with Gasteiger partial charge in [0, 0.05) is 12.6 Å². The highest BCUT2D eigenvalue weighted by Crippen LogP contribution is 2.39. The molecule has 3 nitrogen and oxygen atoms in total. The fourth-order valence-corrected chi connectivity index (χ4v) is 3.35. The van der Waals surface area contributed by atoms with Crippen LogP contribution in [0, 0.1) is 5.41 Å². The van der Waals surface area contributed by atoms with E-state index in [9.17, 15) is 5.11 Å². The maximum Gasteiger partial charge on any atom is 0.0772 e. The minimum atomic E-state index is -0.451. The van der Waals surface area contributed by atoms with Crippen LogP contribution in [-0.4, -0.2) is 48.3 Å². The first-order valence-corrected chi connectivity index (χ1v) is 8.03. The molecule has 1 atom stereocenters. The van der Waals surface area contributed by atoms with Crippen LogP contribution in [-0.2, 0) is 0 Å². The number of rotatable bonds is 3. The molecule has 1 aliphatic heterocycles. The highest BCUT2D eigenvalue weighted by atomic mass is 16.3. The first-order valence-electron chi connectivity index (χ1n) is 8.03. The summed E-state index contributed by atoms with van der Waals surface area (Å²) in [5, 5.41) is 14.3. The third kappa shape index (κ3) is 4.73. The zero-order valence-corrected chi connectivity index (χ0v) is 13.0. The molecule has 1 saturated carbocycles. The molecule has 0 aromatic heterocycles. The van der Waals surface area contributed by atoms with Gasteiger partial charge in [0.1, 0.15) is 0 Å². The van der Waals surface area contributed by atoms with Crippen LogP contribution < -0.4 is 5.32 Å². The van der Waals surface area contributed by atoms with E-state index < -0.39 is 5.60 Å². The zero-order chi connectivity index (χ0) is 13.9. The molecule has 0 amide bonds. The first-order chi connectivity index (χ1) is 8.89. The summed E-state index contributed by atoms with van der Waals surface area (Å²) < 4.78 is 0. The summed E-state index contributed by atoms with van der Waals surface area (Å²) in [6, 6.07) is 0.601. The third-order valence-corrected chi connectivity index (χ3v) is 5.21. The fraction of sp³-hybridized carbons (Fsp3) is 1.00. The van der Waals surface area contributed by atoms with Crippen LogP contribution in [0.15, 0.2) is 0 Å². The van der Waals surface area contributed by atoms with Crippen LogP contribution in [0.2, 0.25) is 0 Å². The summed E-state index contributed by atoms with van der Waals surface area (Å²) in [5.74, 6) is 0. The molecule has 2 N–H and O–H groups in total. The van der Waals surface area contributed by atoms with Crippen molar-refractivity contribution in [1.29, 1.82) is 0 Å². The molecule has 1 aliphatic carbocycles. The van der Waals surface area contributed by atoms with Crippen LogP contribution in [0.3, 0.4) is 0 Å². The van der Waals surface area contributed by atoms with E-state index in [4.69, 9.17) is 0 Å². The van der Waals surface area contributed by atoms with E-state index >= 15 is 0 Å². The molecule has 2 rings (SSSR count). The molecule has 0 spiro atoms. The molecule has 0 bridgehead atoms. The molecule has 0 aromatic rings. The smallest absolute Gasteiger partial charge is 0.0772 e. The van der Waals surface area contributed by atoms with Crippen molar-refractivity contribution in [3.05, 3.63) is 0 Å². The Kier molecular flexibility index (Phi) is 4.91. The van der Waals surface area contributed by atoms with Gasteiger partial charge >= 0.3 is 0 Å². The topological polar surface area (TPSA) is 35.5 Å². The second-order valence-electron chi connectivity index (χ2n) is 7.70. The van der Waals surface area contributed by atoms with E-state index in [1.54, 1.807) is 0 Å². The zero-order valence-electron chi connectivity index (χ0n) is 13.0. The lowest BCUT2D eigenvalue weighted by atomic mass is 9.71. The van der Waals surface area contributed by atoms with Crippen molar-refractivity contribution in [2.75, 3.05) is 26.7 Å². The van der Waals surface area contributed by atoms with Gasteiger partial charge in [0.2, 0.25) is 0 Å². The number of nitrogens with zero attached hydrogens (tertiary/aromatic N) is 1. The Morgan fingerprint density at radius 2 is 1.79 bits per heavy atom. The molecular weight excluding hydrogens is 236 g/mol. The Balaban J connectivity index is 1.75. The lowest BCUT2D eigenvalue weighted by Gasteiger charge is -2.41. The van der Waals surface area contributed by atoms with Crippen molar-refractivity contribution in [2.45, 2.75) is 70.4 Å². The third-order valence-electron chi connectivity index (χ3n) is 5.21. The minimum Gasteiger partial charge on any atom is -0.389 e. The van der Waals surface area contributed by atoms with Crippen molar-refractivity contribution in [3.8, 4) is 0 Å². The van der Waals surface area contributed by atoms with Gasteiger partial charge in [0.15, 0.2) is 0 Å². The SMILES string of the molecule is CN1CCCC(NCC2(O)CCC(C)(C)CC2)CC1. The molecule has 19 heavy (non-hydrogen) atoms. The number of nitrogens with one attached hydrogen (secondary N) is 1. The lowest BCUT2D eigenvalue weighted by Crippen LogP contribution is -2.47. The van der Waals surface area contributed by atoms with Crippen molar-refractivity contribution in [2.24, 2.45) is 5.41 Å². The number of hydrogen-bond acceptors (Lipinski definition) is 3. The van der Waals surface area contributed by atoms with E-state index in [0.29, 0.717) is 11.5 Å². The fourth-order valence-electron chi connectivity index (χ4n) is 3.35. The highest BCUT2D eigenvalue weighted by Gasteiger charge is 2.36. The average molecular weight is 268 g/mol. The van der Waals surface area contributed by atoms with Crippen LogP contribution in [0.1, 0.15) is 58.8 Å². The largest absolute Gasteiger partial charge is 0.389 e. The average Bonchev–Trinajstić information content (AvgIpc) is 2.56. The van der Waals surface area contributed by atoms with E-state index in [1.807, 2.05) is 0 Å². The van der Waals surface area contributed by atoms with Crippen LogP contribution in [0.5, 0.6) is 0 Å². The van der Waals surface area contributed by atoms with Crippen LogP contribution in [0.25, 0.3) is 0 Å². The normalized spacial score (nSPS) is 31.9. The molecule has 3 heteroatoms. The Hall–Kier alpha value is -0.120. The summed E-state index contributed by atoms with van der Waals surface area (Å²) in [6.45, 7) is 7.83. The molecule has 2 fully saturated rings. The lowest BCUT2D eigenvalue weighted by molar-refractivity contribution is -0.0263. The van der Waals surface area contributed by atoms with E-state index in [-0.39, 0.29) is 0 Å². The van der Waals surface area contributed by atoms with Gasteiger partial charge in [-0.1, -0.05) is 13.8 Å². The predicted molar refractivity (Wildman–Crippen MR) is 80.3 cm³/mol. The van der Waals surface area contributed by atoms with Crippen LogP contribution >= 0.6 is 0 Å². The monoisotopic (exact) mass is 268 g/mol. The molecule has 2 aliphatic rings. The molecule has 1 saturated heterocycles. The predicted octanol–water partition coefficient (Wildman–Crippen LogP) is 2.39. The number of aliphatic hydroxyl groups is 1. The molecule has 1 unspecified atom stereocenters. The molecular formula is C16H32N2O. The summed E-state index contributed by atoms with van der Waals surface area (Å²) in [4.78, 5) is 2.42. The summed E-state index contributed by atoms with van der Waals surface area (Å²) in [6.07, 6.45) is 7.97. The van der Waals surface area contributed by atoms with Crippen molar-refractivity contribution in [1.82, 2.24) is 10.2 Å². The quantitative estimate of drug-likeness (QED) is 0.825. The maximum atomic E-state index is 10.7. The Morgan fingerprint density at radius 1 is 1.11 bits per heavy atom. The van der Waals surface area contributed by atoms with Crippen LogP contribution in [0.4, 0.5) is 0 Å². The number of likely N-dealkylation sites (tertiary alicyclic amines) is 1. The van der Waals surface area contributed by atoms with E-state index in [1.165, 1.54) is 32.4 Å². The molecule has 112 valence electrons. The second-order valence-corrected chi connectivity index (χ2v) is 7.70. The summed E-state index contributed by atoms with van der Waals surface area (Å²) >= 11 is 0. The van der Waals surface area contributed by atoms with Gasteiger partial charge in [-0.25, -0.2) is 0 Å².